The Morgan fingerprint density at radius 2 is 2.40 bits per heavy atom. The first-order valence-corrected chi connectivity index (χ1v) is 4.63. The summed E-state index contributed by atoms with van der Waals surface area (Å²) >= 11 is 0. The van der Waals surface area contributed by atoms with Crippen LogP contribution >= 0.6 is 0 Å². The highest BCUT2D eigenvalue weighted by molar-refractivity contribution is 5.87. The summed E-state index contributed by atoms with van der Waals surface area (Å²) in [6, 6.07) is 5.34. The van der Waals surface area contributed by atoms with E-state index in [0.717, 1.165) is 5.52 Å². The van der Waals surface area contributed by atoms with Gasteiger partial charge in [-0.25, -0.2) is 9.78 Å². The second-order valence-corrected chi connectivity index (χ2v) is 3.01. The van der Waals surface area contributed by atoms with Crippen LogP contribution in [-0.2, 0) is 4.74 Å². The van der Waals surface area contributed by atoms with Crippen LogP contribution in [0.4, 0.5) is 5.82 Å². The van der Waals surface area contributed by atoms with Gasteiger partial charge in [0.05, 0.1) is 18.3 Å². The average molecular weight is 205 g/mol. The van der Waals surface area contributed by atoms with Crippen LogP contribution in [-0.4, -0.2) is 22.0 Å². The van der Waals surface area contributed by atoms with Gasteiger partial charge in [0.1, 0.15) is 5.82 Å². The maximum absolute atomic E-state index is 11.5. The van der Waals surface area contributed by atoms with E-state index < -0.39 is 5.97 Å². The lowest BCUT2D eigenvalue weighted by Gasteiger charge is -2.03. The maximum atomic E-state index is 11.5. The molecule has 0 saturated heterocycles. The monoisotopic (exact) mass is 205 g/mol. The van der Waals surface area contributed by atoms with Crippen LogP contribution in [0.15, 0.2) is 24.4 Å². The molecule has 0 aliphatic heterocycles. The number of fused-ring (bicyclic) bond motifs is 1. The van der Waals surface area contributed by atoms with Gasteiger partial charge in [-0.15, -0.1) is 0 Å². The molecule has 2 rings (SSSR count). The highest BCUT2D eigenvalue weighted by Crippen LogP contribution is 2.13. The van der Waals surface area contributed by atoms with E-state index in [9.17, 15) is 4.79 Å². The number of nitrogens with two attached hydrogens (primary N) is 1. The number of hydrogen-bond acceptors (Lipinski definition) is 4. The van der Waals surface area contributed by atoms with Gasteiger partial charge in [0.25, 0.3) is 0 Å². The molecule has 5 heteroatoms. The van der Waals surface area contributed by atoms with Crippen molar-refractivity contribution in [2.45, 2.75) is 6.92 Å². The SMILES string of the molecule is CCOC(=O)c1ncc2cccc(N)n12. The molecule has 0 unspecified atom stereocenters. The van der Waals surface area contributed by atoms with Gasteiger partial charge >= 0.3 is 5.97 Å². The van der Waals surface area contributed by atoms with Gasteiger partial charge in [-0.2, -0.15) is 0 Å². The molecule has 78 valence electrons. The first-order valence-electron chi connectivity index (χ1n) is 4.63. The fourth-order valence-electron chi connectivity index (χ4n) is 1.41. The van der Waals surface area contributed by atoms with Crippen molar-refractivity contribution in [1.82, 2.24) is 9.38 Å². The standard InChI is InChI=1S/C10H11N3O2/c1-2-15-10(14)9-12-6-7-4-3-5-8(11)13(7)9/h3-6H,2,11H2,1H3. The van der Waals surface area contributed by atoms with E-state index in [2.05, 4.69) is 4.98 Å². The summed E-state index contributed by atoms with van der Waals surface area (Å²) in [6.45, 7) is 2.07. The molecule has 0 amide bonds. The number of hydrogen-bond donors (Lipinski definition) is 1. The van der Waals surface area contributed by atoms with Gasteiger partial charge < -0.3 is 10.5 Å². The lowest BCUT2D eigenvalue weighted by atomic mass is 10.4. The second-order valence-electron chi connectivity index (χ2n) is 3.01. The van der Waals surface area contributed by atoms with Gasteiger partial charge in [-0.05, 0) is 19.1 Å². The zero-order chi connectivity index (χ0) is 10.8. The molecule has 2 aromatic heterocycles. The van der Waals surface area contributed by atoms with E-state index in [-0.39, 0.29) is 5.82 Å². The van der Waals surface area contributed by atoms with E-state index in [4.69, 9.17) is 10.5 Å². The number of rotatable bonds is 2. The first-order chi connectivity index (χ1) is 7.24. The number of nitrogens with zero attached hydrogens (tertiary/aromatic N) is 2. The van der Waals surface area contributed by atoms with Gasteiger partial charge in [0.2, 0.25) is 5.82 Å². The fourth-order valence-corrected chi connectivity index (χ4v) is 1.41. The third-order valence-electron chi connectivity index (χ3n) is 2.04. The molecule has 5 nitrogen and oxygen atoms in total. The van der Waals surface area contributed by atoms with Gasteiger partial charge in [0, 0.05) is 0 Å². The predicted octanol–water partition coefficient (Wildman–Crippen LogP) is 1.09. The number of anilines is 1. The van der Waals surface area contributed by atoms with E-state index in [1.807, 2.05) is 6.07 Å². The number of carbonyl (C=O) groups excluding carboxylic acids is 1. The number of carbonyl (C=O) groups is 1. The summed E-state index contributed by atoms with van der Waals surface area (Å²) in [7, 11) is 0. The van der Waals surface area contributed by atoms with Crippen LogP contribution in [0.1, 0.15) is 17.5 Å². The molecule has 0 bridgehead atoms. The van der Waals surface area contributed by atoms with E-state index in [1.165, 1.54) is 0 Å². The first kappa shape index (κ1) is 9.51. The normalized spacial score (nSPS) is 10.5. The molecular weight excluding hydrogens is 194 g/mol. The summed E-state index contributed by atoms with van der Waals surface area (Å²) in [5, 5.41) is 0. The molecule has 0 saturated carbocycles. The zero-order valence-corrected chi connectivity index (χ0v) is 8.30. The van der Waals surface area contributed by atoms with Crippen molar-refractivity contribution in [3.05, 3.63) is 30.2 Å². The molecule has 0 aliphatic carbocycles. The Balaban J connectivity index is 2.57. The molecule has 0 fully saturated rings. The Kier molecular flexibility index (Phi) is 2.29. The molecule has 2 aromatic rings. The number of pyridine rings is 1. The van der Waals surface area contributed by atoms with Gasteiger partial charge in [-0.3, -0.25) is 4.40 Å². The van der Waals surface area contributed by atoms with E-state index in [0.29, 0.717) is 12.4 Å². The minimum atomic E-state index is -0.463. The van der Waals surface area contributed by atoms with Crippen LogP contribution in [0.25, 0.3) is 5.52 Å². The molecule has 0 spiro atoms. The topological polar surface area (TPSA) is 69.6 Å². The average Bonchev–Trinajstić information content (AvgIpc) is 2.63. The van der Waals surface area contributed by atoms with Gasteiger partial charge in [0.15, 0.2) is 0 Å². The number of nitrogen functional groups attached to an aromatic ring is 1. The minimum Gasteiger partial charge on any atom is -0.460 e. The highest BCUT2D eigenvalue weighted by atomic mass is 16.5. The molecule has 0 aliphatic rings. The smallest absolute Gasteiger partial charge is 0.374 e. The Labute approximate surface area is 86.5 Å². The highest BCUT2D eigenvalue weighted by Gasteiger charge is 2.14. The van der Waals surface area contributed by atoms with Crippen LogP contribution in [0, 0.1) is 0 Å². The van der Waals surface area contributed by atoms with Crippen LogP contribution < -0.4 is 5.73 Å². The molecular formula is C10H11N3O2. The van der Waals surface area contributed by atoms with Crippen LogP contribution in [0.3, 0.4) is 0 Å². The third kappa shape index (κ3) is 1.52. The van der Waals surface area contributed by atoms with Crippen LogP contribution in [0.5, 0.6) is 0 Å². The van der Waals surface area contributed by atoms with Crippen molar-refractivity contribution in [1.29, 1.82) is 0 Å². The summed E-state index contributed by atoms with van der Waals surface area (Å²) in [4.78, 5) is 15.5. The predicted molar refractivity (Wildman–Crippen MR) is 55.6 cm³/mol. The molecule has 0 aromatic carbocycles. The van der Waals surface area contributed by atoms with Crippen molar-refractivity contribution in [2.24, 2.45) is 0 Å². The number of imidazole rings is 1. The molecule has 2 N–H and O–H groups in total. The van der Waals surface area contributed by atoms with Crippen molar-refractivity contribution in [3.8, 4) is 0 Å². The molecule has 0 atom stereocenters. The fraction of sp³-hybridized carbons (Fsp3) is 0.200. The van der Waals surface area contributed by atoms with Crippen molar-refractivity contribution in [2.75, 3.05) is 12.3 Å². The summed E-state index contributed by atoms with van der Waals surface area (Å²) < 4.78 is 6.44. The lowest BCUT2D eigenvalue weighted by Crippen LogP contribution is -2.11. The maximum Gasteiger partial charge on any atom is 0.374 e. The Bertz CT molecular complexity index is 504. The zero-order valence-electron chi connectivity index (χ0n) is 8.30. The van der Waals surface area contributed by atoms with Crippen LogP contribution in [0.2, 0.25) is 0 Å². The molecule has 15 heavy (non-hydrogen) atoms. The van der Waals surface area contributed by atoms with Crippen molar-refractivity contribution >= 4 is 17.3 Å². The Morgan fingerprint density at radius 1 is 1.60 bits per heavy atom. The van der Waals surface area contributed by atoms with Crippen molar-refractivity contribution < 1.29 is 9.53 Å². The second kappa shape index (κ2) is 3.61. The molecule has 2 heterocycles. The molecule has 0 radical (unpaired) electrons. The Hall–Kier alpha value is -2.04. The largest absolute Gasteiger partial charge is 0.460 e. The van der Waals surface area contributed by atoms with E-state index in [1.54, 1.807) is 29.7 Å². The summed E-state index contributed by atoms with van der Waals surface area (Å²) in [5.74, 6) is 0.216. The quantitative estimate of drug-likeness (QED) is 0.745. The third-order valence-corrected chi connectivity index (χ3v) is 2.04. The summed E-state index contributed by atoms with van der Waals surface area (Å²) in [5.41, 5.74) is 6.53. The van der Waals surface area contributed by atoms with Gasteiger partial charge in [-0.1, -0.05) is 6.07 Å². The minimum absolute atomic E-state index is 0.213. The Morgan fingerprint density at radius 3 is 3.13 bits per heavy atom. The van der Waals surface area contributed by atoms with E-state index >= 15 is 0 Å². The van der Waals surface area contributed by atoms with Crippen molar-refractivity contribution in [3.63, 3.8) is 0 Å². The number of aromatic nitrogens is 2. The number of ether oxygens (including phenoxy) is 1. The summed E-state index contributed by atoms with van der Waals surface area (Å²) in [6.07, 6.45) is 1.59. The lowest BCUT2D eigenvalue weighted by molar-refractivity contribution is 0.0511. The number of esters is 1.